The van der Waals surface area contributed by atoms with Crippen LogP contribution in [-0.2, 0) is 41.8 Å². The highest BCUT2D eigenvalue weighted by atomic mass is 79.9. The SMILES string of the molecule is CC(=O)OC(c1cn(C(=O)OCc2ccc([N+](=O)[O-])cc2)c(-c2nccs2)n1)C1(Br)C(=O)N2C(C(=O)OCc3ccc([N+](=O)[O-])cc3)=CS[C@@H]21. The third-order valence-electron chi connectivity index (χ3n) is 7.42. The predicted molar refractivity (Wildman–Crippen MR) is 177 cm³/mol. The molecule has 50 heavy (non-hydrogen) atoms. The Hall–Kier alpha value is -5.47. The van der Waals surface area contributed by atoms with Gasteiger partial charge in [-0.05, 0) is 35.4 Å². The lowest BCUT2D eigenvalue weighted by molar-refractivity contribution is -0.385. The zero-order valence-electron chi connectivity index (χ0n) is 25.4. The van der Waals surface area contributed by atoms with Crippen LogP contribution in [0.3, 0.4) is 0 Å². The normalized spacial score (nSPS) is 18.4. The van der Waals surface area contributed by atoms with E-state index in [9.17, 15) is 39.4 Å². The maximum Gasteiger partial charge on any atom is 0.420 e. The lowest BCUT2D eigenvalue weighted by Gasteiger charge is -2.51. The molecule has 4 aromatic rings. The number of carbonyl (C=O) groups excluding carboxylic acids is 4. The maximum atomic E-state index is 13.8. The molecule has 2 aliphatic heterocycles. The number of non-ortho nitro benzene ring substituents is 2. The van der Waals surface area contributed by atoms with E-state index in [0.717, 1.165) is 34.6 Å². The third-order valence-corrected chi connectivity index (χ3v) is 10.9. The second-order valence-corrected chi connectivity index (χ2v) is 13.8. The Balaban J connectivity index is 1.22. The highest BCUT2D eigenvalue weighted by molar-refractivity contribution is 9.10. The molecule has 1 amide bonds. The van der Waals surface area contributed by atoms with Gasteiger partial charge in [0.25, 0.3) is 17.3 Å². The third kappa shape index (κ3) is 6.46. The minimum Gasteiger partial charge on any atom is -0.456 e. The number of hydrogen-bond acceptors (Lipinski definition) is 15. The van der Waals surface area contributed by atoms with E-state index < -0.39 is 49.6 Å². The number of amides is 1. The first-order valence-electron chi connectivity index (χ1n) is 14.2. The number of rotatable bonds is 11. The number of nitrogens with zero attached hydrogens (tertiary/aromatic N) is 6. The summed E-state index contributed by atoms with van der Waals surface area (Å²) in [7, 11) is 0. The molecule has 2 unspecified atom stereocenters. The van der Waals surface area contributed by atoms with Gasteiger partial charge in [-0.25, -0.2) is 24.1 Å². The number of ether oxygens (including phenoxy) is 3. The first-order valence-corrected chi connectivity index (χ1v) is 16.9. The predicted octanol–water partition coefficient (Wildman–Crippen LogP) is 5.25. The van der Waals surface area contributed by atoms with Crippen LogP contribution >= 0.6 is 39.0 Å². The van der Waals surface area contributed by atoms with Crippen molar-refractivity contribution in [3.8, 4) is 10.8 Å². The van der Waals surface area contributed by atoms with E-state index in [2.05, 4.69) is 25.9 Å². The van der Waals surface area contributed by atoms with Gasteiger partial charge in [0.15, 0.2) is 21.3 Å². The second-order valence-electron chi connectivity index (χ2n) is 10.6. The first-order chi connectivity index (χ1) is 23.9. The topological polar surface area (TPSA) is 216 Å². The molecule has 1 saturated heterocycles. The summed E-state index contributed by atoms with van der Waals surface area (Å²) in [5.41, 5.74) is 0.652. The van der Waals surface area contributed by atoms with Gasteiger partial charge in [0, 0.05) is 54.4 Å². The fraction of sp³-hybridized carbons (Fsp3) is 0.200. The molecule has 3 atom stereocenters. The Morgan fingerprint density at radius 3 is 2.14 bits per heavy atom. The lowest BCUT2D eigenvalue weighted by atomic mass is 9.89. The molecule has 0 radical (unpaired) electrons. The number of imidazole rings is 1. The van der Waals surface area contributed by atoms with Gasteiger partial charge in [0.2, 0.25) is 0 Å². The summed E-state index contributed by atoms with van der Waals surface area (Å²) < 4.78 is 15.9. The molecular weight excluding hydrogens is 764 g/mol. The molecule has 2 aromatic heterocycles. The molecule has 0 aliphatic carbocycles. The molecular formula is C30H21BrN6O11S2. The van der Waals surface area contributed by atoms with Crippen LogP contribution in [0.2, 0.25) is 0 Å². The fourth-order valence-electron chi connectivity index (χ4n) is 5.03. The summed E-state index contributed by atoms with van der Waals surface area (Å²) in [5, 5.41) is 24.5. The van der Waals surface area contributed by atoms with Gasteiger partial charge >= 0.3 is 18.0 Å². The fourth-order valence-corrected chi connectivity index (χ4v) is 7.92. The molecule has 1 fully saturated rings. The van der Waals surface area contributed by atoms with Crippen molar-refractivity contribution in [3.05, 3.63) is 114 Å². The van der Waals surface area contributed by atoms with Gasteiger partial charge in [-0.15, -0.1) is 23.1 Å². The zero-order valence-corrected chi connectivity index (χ0v) is 28.6. The van der Waals surface area contributed by atoms with Gasteiger partial charge in [-0.1, -0.05) is 15.9 Å². The van der Waals surface area contributed by atoms with Gasteiger partial charge in [0.05, 0.1) is 9.85 Å². The Morgan fingerprint density at radius 1 is 1.00 bits per heavy atom. The smallest absolute Gasteiger partial charge is 0.420 e. The summed E-state index contributed by atoms with van der Waals surface area (Å²) >= 11 is 5.74. The molecule has 0 bridgehead atoms. The monoisotopic (exact) mass is 784 g/mol. The number of thiazole rings is 1. The van der Waals surface area contributed by atoms with Crippen LogP contribution in [0.25, 0.3) is 10.8 Å². The van der Waals surface area contributed by atoms with Crippen LogP contribution in [0.1, 0.15) is 29.8 Å². The minimum atomic E-state index is -1.64. The highest BCUT2D eigenvalue weighted by Crippen LogP contribution is 2.58. The summed E-state index contributed by atoms with van der Waals surface area (Å²) in [6.07, 6.45) is 0.461. The van der Waals surface area contributed by atoms with Crippen molar-refractivity contribution in [3.63, 3.8) is 0 Å². The van der Waals surface area contributed by atoms with E-state index in [1.54, 1.807) is 5.38 Å². The number of alkyl halides is 1. The summed E-state index contributed by atoms with van der Waals surface area (Å²) in [5.74, 6) is -2.20. The van der Waals surface area contributed by atoms with Gasteiger partial charge in [-0.3, -0.25) is 34.7 Å². The number of carbonyl (C=O) groups is 4. The Kier molecular flexibility index (Phi) is 9.49. The summed E-state index contributed by atoms with van der Waals surface area (Å²) in [6, 6.07) is 10.9. The number of fused-ring (bicyclic) bond motifs is 1. The van der Waals surface area contributed by atoms with E-state index in [1.807, 2.05) is 0 Å². The molecule has 0 saturated carbocycles. The van der Waals surface area contributed by atoms with Crippen LogP contribution in [0, 0.1) is 20.2 Å². The highest BCUT2D eigenvalue weighted by Gasteiger charge is 2.69. The number of hydrogen-bond donors (Lipinski definition) is 0. The Labute approximate surface area is 297 Å². The van der Waals surface area contributed by atoms with Crippen LogP contribution in [0.15, 0.2) is 77.4 Å². The number of aromatic nitrogens is 3. The maximum absolute atomic E-state index is 13.8. The van der Waals surface area contributed by atoms with E-state index in [4.69, 9.17) is 14.2 Å². The second kappa shape index (κ2) is 13.8. The average Bonchev–Trinajstić information content (AvgIpc) is 3.88. The first kappa shape index (κ1) is 34.4. The van der Waals surface area contributed by atoms with E-state index in [-0.39, 0.29) is 41.8 Å². The Bertz CT molecular complexity index is 2050. The molecule has 2 aliphatic rings. The van der Waals surface area contributed by atoms with Crippen LogP contribution < -0.4 is 0 Å². The van der Waals surface area contributed by atoms with E-state index >= 15 is 0 Å². The number of halogens is 1. The summed E-state index contributed by atoms with van der Waals surface area (Å²) in [4.78, 5) is 83.3. The minimum absolute atomic E-state index is 0.00245. The van der Waals surface area contributed by atoms with Gasteiger partial charge < -0.3 is 14.2 Å². The molecule has 256 valence electrons. The molecule has 0 spiro atoms. The number of thioether (sulfide) groups is 1. The van der Waals surface area contributed by atoms with Gasteiger partial charge in [0.1, 0.15) is 30.0 Å². The van der Waals surface area contributed by atoms with Crippen molar-refractivity contribution in [2.45, 2.75) is 35.9 Å². The Morgan fingerprint density at radius 2 is 1.60 bits per heavy atom. The molecule has 20 heteroatoms. The summed E-state index contributed by atoms with van der Waals surface area (Å²) in [6.45, 7) is 0.694. The largest absolute Gasteiger partial charge is 0.456 e. The number of nitro groups is 2. The van der Waals surface area contributed by atoms with Crippen LogP contribution in [-0.4, -0.2) is 62.9 Å². The van der Waals surface area contributed by atoms with Crippen molar-refractivity contribution in [2.75, 3.05) is 0 Å². The zero-order chi connectivity index (χ0) is 35.7. The molecule has 0 N–H and O–H groups in total. The van der Waals surface area contributed by atoms with Crippen molar-refractivity contribution >= 4 is 74.3 Å². The van der Waals surface area contributed by atoms with Crippen LogP contribution in [0.4, 0.5) is 16.2 Å². The van der Waals surface area contributed by atoms with Crippen molar-refractivity contribution in [1.82, 2.24) is 19.4 Å². The quantitative estimate of drug-likeness (QED) is 0.0474. The number of benzene rings is 2. The number of nitro benzene ring substituents is 2. The average molecular weight is 786 g/mol. The van der Waals surface area contributed by atoms with Crippen molar-refractivity contribution < 1.29 is 43.2 Å². The van der Waals surface area contributed by atoms with Gasteiger partial charge in [-0.2, -0.15) is 0 Å². The van der Waals surface area contributed by atoms with Crippen molar-refractivity contribution in [2.24, 2.45) is 0 Å². The van der Waals surface area contributed by atoms with Crippen molar-refractivity contribution in [1.29, 1.82) is 0 Å². The molecule has 17 nitrogen and oxygen atoms in total. The number of β-lactam (4-membered cyclic amide) rings is 1. The number of esters is 2. The van der Waals surface area contributed by atoms with E-state index in [1.165, 1.54) is 71.2 Å². The molecule has 6 rings (SSSR count). The standard InChI is InChI=1S/C30H21BrN6O11S2/c1-16(38)48-23(30(31)27(40)35-22(15-50-28(30)35)26(39)46-13-17-2-6-19(7-3-17)36(42)43)21-12-34(24(33-21)25-32-10-11-49-25)29(41)47-14-18-4-8-20(9-5-18)37(44)45/h2-12,15,23,28H,13-14H2,1H3/t23?,28-,30?/m1/s1. The van der Waals surface area contributed by atoms with E-state index in [0.29, 0.717) is 16.1 Å². The molecule has 4 heterocycles. The van der Waals surface area contributed by atoms with Crippen LogP contribution in [0.5, 0.6) is 0 Å². The lowest BCUT2D eigenvalue weighted by Crippen LogP contribution is -2.70. The molecule has 2 aromatic carbocycles.